The number of thioether (sulfide) groups is 1. The van der Waals surface area contributed by atoms with E-state index in [0.29, 0.717) is 27.5 Å². The van der Waals surface area contributed by atoms with Gasteiger partial charge in [0.2, 0.25) is 0 Å². The van der Waals surface area contributed by atoms with Gasteiger partial charge >= 0.3 is 0 Å². The van der Waals surface area contributed by atoms with E-state index in [2.05, 4.69) is 16.9 Å². The summed E-state index contributed by atoms with van der Waals surface area (Å²) in [4.78, 5) is 23.8. The van der Waals surface area contributed by atoms with Gasteiger partial charge in [0.05, 0.1) is 11.1 Å². The summed E-state index contributed by atoms with van der Waals surface area (Å²) in [6.45, 7) is 2.25. The predicted octanol–water partition coefficient (Wildman–Crippen LogP) is 5.34. The van der Waals surface area contributed by atoms with E-state index in [9.17, 15) is 4.79 Å². The second-order valence-electron chi connectivity index (χ2n) is 6.52. The third-order valence-corrected chi connectivity index (χ3v) is 6.96. The van der Waals surface area contributed by atoms with Crippen molar-refractivity contribution in [2.75, 3.05) is 11.5 Å². The number of ketones is 1. The van der Waals surface area contributed by atoms with Gasteiger partial charge in [0.1, 0.15) is 10.6 Å². The summed E-state index contributed by atoms with van der Waals surface area (Å²) in [7, 11) is 0. The van der Waals surface area contributed by atoms with Crippen LogP contribution >= 0.6 is 34.7 Å². The molecule has 0 spiro atoms. The number of Topliss-reactive ketones (excluding diaryl/α,β-unsaturated/α-hetero) is 1. The Labute approximate surface area is 165 Å². The second kappa shape index (κ2) is 7.18. The minimum Gasteiger partial charge on any atom is -0.383 e. The van der Waals surface area contributed by atoms with Crippen LogP contribution in [0.2, 0.25) is 5.02 Å². The number of nitrogens with zero attached hydrogens (tertiary/aromatic N) is 2. The van der Waals surface area contributed by atoms with Crippen LogP contribution in [0.3, 0.4) is 0 Å². The Hall–Kier alpha value is -1.63. The molecule has 1 aliphatic rings. The third kappa shape index (κ3) is 3.33. The zero-order chi connectivity index (χ0) is 18.3. The molecule has 0 saturated carbocycles. The van der Waals surface area contributed by atoms with E-state index in [1.165, 1.54) is 35.0 Å². The molecule has 1 aromatic carbocycles. The minimum absolute atomic E-state index is 0.0213. The van der Waals surface area contributed by atoms with E-state index in [4.69, 9.17) is 17.3 Å². The standard InChI is InChI=1S/C19H18ClN3OS2/c1-10-3-2-4-14-15(10)16-17(21)22-19(23-18(16)26-14)25-9-13(24)11-5-7-12(20)8-6-11/h5-8,10H,2-4,9H2,1H3,(H2,21,22,23)/t10-/m0/s1. The smallest absolute Gasteiger partial charge is 0.191 e. The SMILES string of the molecule is C[C@H]1CCCc2sc3nc(SCC(=O)c4ccc(Cl)cc4)nc(N)c3c21. The van der Waals surface area contributed by atoms with Crippen molar-refractivity contribution in [1.82, 2.24) is 9.97 Å². The van der Waals surface area contributed by atoms with Gasteiger partial charge in [-0.25, -0.2) is 9.97 Å². The number of rotatable bonds is 4. The highest BCUT2D eigenvalue weighted by atomic mass is 35.5. The number of aryl methyl sites for hydroxylation is 1. The average Bonchev–Trinajstić information content (AvgIpc) is 3.00. The van der Waals surface area contributed by atoms with Crippen molar-refractivity contribution < 1.29 is 4.79 Å². The molecule has 26 heavy (non-hydrogen) atoms. The highest BCUT2D eigenvalue weighted by molar-refractivity contribution is 7.99. The van der Waals surface area contributed by atoms with Gasteiger partial charge in [-0.3, -0.25) is 4.79 Å². The summed E-state index contributed by atoms with van der Waals surface area (Å²) >= 11 is 8.91. The quantitative estimate of drug-likeness (QED) is 0.361. The molecule has 2 heterocycles. The number of thiophene rings is 1. The average molecular weight is 404 g/mol. The molecular weight excluding hydrogens is 386 g/mol. The Kier molecular flexibility index (Phi) is 4.90. The molecule has 3 aromatic rings. The van der Waals surface area contributed by atoms with Gasteiger partial charge in [-0.05, 0) is 55.0 Å². The molecule has 134 valence electrons. The number of benzene rings is 1. The number of carbonyl (C=O) groups is 1. The number of nitrogen functional groups attached to an aromatic ring is 1. The first-order valence-electron chi connectivity index (χ1n) is 8.53. The van der Waals surface area contributed by atoms with E-state index in [1.807, 2.05) is 0 Å². The van der Waals surface area contributed by atoms with Gasteiger partial charge in [0, 0.05) is 15.5 Å². The molecule has 7 heteroatoms. The number of halogens is 1. The Morgan fingerprint density at radius 2 is 2.12 bits per heavy atom. The third-order valence-electron chi connectivity index (χ3n) is 4.71. The van der Waals surface area contributed by atoms with Crippen LogP contribution in [-0.2, 0) is 6.42 Å². The number of nitrogens with two attached hydrogens (primary N) is 1. The Bertz CT molecular complexity index is 985. The number of fused-ring (bicyclic) bond motifs is 3. The highest BCUT2D eigenvalue weighted by Gasteiger charge is 2.25. The number of hydrogen-bond donors (Lipinski definition) is 1. The monoisotopic (exact) mass is 403 g/mol. The first-order chi connectivity index (χ1) is 12.5. The molecule has 0 amide bonds. The molecule has 0 aliphatic heterocycles. The fourth-order valence-corrected chi connectivity index (χ4v) is 5.68. The molecule has 2 N–H and O–H groups in total. The van der Waals surface area contributed by atoms with Crippen LogP contribution < -0.4 is 5.73 Å². The summed E-state index contributed by atoms with van der Waals surface area (Å²) in [5.74, 6) is 1.33. The van der Waals surface area contributed by atoms with E-state index in [-0.39, 0.29) is 11.5 Å². The van der Waals surface area contributed by atoms with Crippen LogP contribution in [0.5, 0.6) is 0 Å². The van der Waals surface area contributed by atoms with Crippen LogP contribution in [0.4, 0.5) is 5.82 Å². The van der Waals surface area contributed by atoms with Crippen molar-refractivity contribution in [2.45, 2.75) is 37.3 Å². The van der Waals surface area contributed by atoms with Crippen molar-refractivity contribution in [3.05, 3.63) is 45.3 Å². The van der Waals surface area contributed by atoms with E-state index < -0.39 is 0 Å². The number of carbonyl (C=O) groups excluding carboxylic acids is 1. The summed E-state index contributed by atoms with van der Waals surface area (Å²) in [6.07, 6.45) is 3.49. The molecular formula is C19H18ClN3OS2. The molecule has 1 aliphatic carbocycles. The first kappa shape index (κ1) is 17.8. The molecule has 0 radical (unpaired) electrons. The van der Waals surface area contributed by atoms with Crippen LogP contribution in [-0.4, -0.2) is 21.5 Å². The fourth-order valence-electron chi connectivity index (χ4n) is 3.41. The van der Waals surface area contributed by atoms with Crippen LogP contribution in [0.15, 0.2) is 29.4 Å². The van der Waals surface area contributed by atoms with Gasteiger partial charge in [0.15, 0.2) is 10.9 Å². The zero-order valence-electron chi connectivity index (χ0n) is 14.3. The van der Waals surface area contributed by atoms with Crippen molar-refractivity contribution in [1.29, 1.82) is 0 Å². The lowest BCUT2D eigenvalue weighted by molar-refractivity contribution is 0.102. The maximum Gasteiger partial charge on any atom is 0.191 e. The first-order valence-corrected chi connectivity index (χ1v) is 10.7. The highest BCUT2D eigenvalue weighted by Crippen LogP contribution is 2.43. The van der Waals surface area contributed by atoms with Crippen LogP contribution in [0.25, 0.3) is 10.2 Å². The van der Waals surface area contributed by atoms with Gasteiger partial charge in [-0.15, -0.1) is 11.3 Å². The van der Waals surface area contributed by atoms with Crippen LogP contribution in [0.1, 0.15) is 46.5 Å². The Morgan fingerprint density at radius 3 is 2.88 bits per heavy atom. The van der Waals surface area contributed by atoms with E-state index in [1.54, 1.807) is 35.6 Å². The summed E-state index contributed by atoms with van der Waals surface area (Å²) in [5, 5.41) is 2.20. The van der Waals surface area contributed by atoms with Crippen molar-refractivity contribution >= 4 is 56.5 Å². The molecule has 0 fully saturated rings. The largest absolute Gasteiger partial charge is 0.383 e. The number of aromatic nitrogens is 2. The molecule has 0 saturated heterocycles. The van der Waals surface area contributed by atoms with Gasteiger partial charge in [-0.1, -0.05) is 30.3 Å². The molecule has 4 rings (SSSR count). The van der Waals surface area contributed by atoms with Crippen molar-refractivity contribution in [3.63, 3.8) is 0 Å². The summed E-state index contributed by atoms with van der Waals surface area (Å²) in [6, 6.07) is 6.91. The maximum absolute atomic E-state index is 12.3. The summed E-state index contributed by atoms with van der Waals surface area (Å²) < 4.78 is 0. The van der Waals surface area contributed by atoms with E-state index >= 15 is 0 Å². The normalized spacial score (nSPS) is 16.6. The minimum atomic E-state index is 0.0213. The van der Waals surface area contributed by atoms with Gasteiger partial charge in [0.25, 0.3) is 0 Å². The van der Waals surface area contributed by atoms with Gasteiger partial charge in [-0.2, -0.15) is 0 Å². The molecule has 2 aromatic heterocycles. The Morgan fingerprint density at radius 1 is 1.35 bits per heavy atom. The second-order valence-corrected chi connectivity index (χ2v) is 8.99. The molecule has 4 nitrogen and oxygen atoms in total. The zero-order valence-corrected chi connectivity index (χ0v) is 16.7. The van der Waals surface area contributed by atoms with Gasteiger partial charge < -0.3 is 5.73 Å². The predicted molar refractivity (Wildman–Crippen MR) is 110 cm³/mol. The molecule has 0 bridgehead atoms. The van der Waals surface area contributed by atoms with Crippen LogP contribution in [0, 0.1) is 0 Å². The Balaban J connectivity index is 1.58. The fraction of sp³-hybridized carbons (Fsp3) is 0.316. The lowest BCUT2D eigenvalue weighted by Crippen LogP contribution is -2.06. The summed E-state index contributed by atoms with van der Waals surface area (Å²) in [5.41, 5.74) is 8.24. The molecule has 0 unspecified atom stereocenters. The lowest BCUT2D eigenvalue weighted by atomic mass is 9.87. The number of anilines is 1. The maximum atomic E-state index is 12.3. The molecule has 1 atom stereocenters. The topological polar surface area (TPSA) is 68.9 Å². The van der Waals surface area contributed by atoms with E-state index in [0.717, 1.165) is 16.6 Å². The number of hydrogen-bond acceptors (Lipinski definition) is 6. The van der Waals surface area contributed by atoms with Crippen molar-refractivity contribution in [2.24, 2.45) is 0 Å². The lowest BCUT2D eigenvalue weighted by Gasteiger charge is -2.18. The van der Waals surface area contributed by atoms with Crippen molar-refractivity contribution in [3.8, 4) is 0 Å².